The molecule has 116 valence electrons. The number of carboxylic acid groups (broad SMARTS) is 1. The topological polar surface area (TPSA) is 112 Å². The average molecular weight is 326 g/mol. The molecule has 2 rings (SSSR count). The van der Waals surface area contributed by atoms with Crippen LogP contribution in [0.2, 0.25) is 0 Å². The van der Waals surface area contributed by atoms with Gasteiger partial charge in [0.2, 0.25) is 10.0 Å². The van der Waals surface area contributed by atoms with E-state index in [1.54, 1.807) is 30.3 Å². The molecule has 0 bridgehead atoms. The average Bonchev–Trinajstić information content (AvgIpc) is 2.50. The second-order valence-electron chi connectivity index (χ2n) is 4.70. The second-order valence-corrected chi connectivity index (χ2v) is 6.47. The van der Waals surface area contributed by atoms with Gasteiger partial charge in [-0.05, 0) is 29.8 Å². The van der Waals surface area contributed by atoms with Crippen molar-refractivity contribution in [2.75, 3.05) is 12.3 Å². The monoisotopic (exact) mass is 326 g/mol. The molecule has 2 aromatic rings. The molecule has 0 radical (unpaired) electrons. The van der Waals surface area contributed by atoms with Crippen molar-refractivity contribution in [1.82, 2.24) is 4.72 Å². The Hall–Kier alpha value is -1.78. The van der Waals surface area contributed by atoms with Crippen LogP contribution in [0.4, 0.5) is 5.69 Å². The van der Waals surface area contributed by atoms with Gasteiger partial charge >= 0.3 is 18.9 Å². The molecular formula is C15H15LiN2O4S. The minimum absolute atomic E-state index is 0. The van der Waals surface area contributed by atoms with Gasteiger partial charge in [-0.3, -0.25) is 0 Å². The van der Waals surface area contributed by atoms with Gasteiger partial charge in [0, 0.05) is 18.2 Å². The van der Waals surface area contributed by atoms with Gasteiger partial charge in [0.1, 0.15) is 0 Å². The molecule has 0 spiro atoms. The smallest absolute Gasteiger partial charge is 0.549 e. The summed E-state index contributed by atoms with van der Waals surface area (Å²) in [4.78, 5) is 11.3. The Morgan fingerprint density at radius 2 is 1.65 bits per heavy atom. The van der Waals surface area contributed by atoms with Crippen LogP contribution in [0.5, 0.6) is 0 Å². The molecule has 23 heavy (non-hydrogen) atoms. The van der Waals surface area contributed by atoms with Crippen molar-refractivity contribution >= 4 is 21.7 Å². The summed E-state index contributed by atoms with van der Waals surface area (Å²) in [6.07, 6.45) is 0. The zero-order valence-corrected chi connectivity index (χ0v) is 13.4. The Kier molecular flexibility index (Phi) is 6.85. The summed E-state index contributed by atoms with van der Waals surface area (Å²) < 4.78 is 26.5. The van der Waals surface area contributed by atoms with E-state index in [-0.39, 0.29) is 30.3 Å². The van der Waals surface area contributed by atoms with Gasteiger partial charge < -0.3 is 15.6 Å². The summed E-state index contributed by atoms with van der Waals surface area (Å²) >= 11 is 0. The quantitative estimate of drug-likeness (QED) is 0.436. The molecule has 0 saturated heterocycles. The first-order valence-electron chi connectivity index (χ1n) is 6.51. The normalized spacial score (nSPS) is 12.2. The molecule has 2 aromatic carbocycles. The minimum Gasteiger partial charge on any atom is -0.549 e. The molecule has 0 heterocycles. The number of nitrogen functional groups attached to an aromatic ring is 1. The van der Waals surface area contributed by atoms with Crippen LogP contribution in [-0.4, -0.2) is 20.9 Å². The van der Waals surface area contributed by atoms with Gasteiger partial charge in [0.25, 0.3) is 0 Å². The summed E-state index contributed by atoms with van der Waals surface area (Å²) in [7, 11) is -3.77. The van der Waals surface area contributed by atoms with Crippen molar-refractivity contribution in [3.63, 3.8) is 0 Å². The number of anilines is 1. The number of carbonyl (C=O) groups is 1. The first kappa shape index (κ1) is 19.3. The molecule has 3 N–H and O–H groups in total. The Morgan fingerprint density at radius 1 is 1.09 bits per heavy atom. The van der Waals surface area contributed by atoms with Crippen molar-refractivity contribution in [3.8, 4) is 0 Å². The van der Waals surface area contributed by atoms with E-state index in [1.165, 1.54) is 24.3 Å². The van der Waals surface area contributed by atoms with Crippen LogP contribution < -0.4 is 34.4 Å². The SMILES string of the molecule is Nc1ccc(C(CNS(=O)(=O)c2ccccc2)C(=O)[O-])cc1.[Li+]. The summed E-state index contributed by atoms with van der Waals surface area (Å²) in [6, 6.07) is 13.9. The molecule has 6 nitrogen and oxygen atoms in total. The van der Waals surface area contributed by atoms with Crippen LogP contribution in [-0.2, 0) is 14.8 Å². The maximum absolute atomic E-state index is 12.1. The Labute approximate surface area is 146 Å². The summed E-state index contributed by atoms with van der Waals surface area (Å²) in [5, 5.41) is 11.3. The molecule has 0 aliphatic carbocycles. The van der Waals surface area contributed by atoms with E-state index in [0.29, 0.717) is 11.3 Å². The fourth-order valence-corrected chi connectivity index (χ4v) is 3.01. The number of hydrogen-bond acceptors (Lipinski definition) is 5. The molecule has 0 aromatic heterocycles. The van der Waals surface area contributed by atoms with E-state index in [4.69, 9.17) is 5.73 Å². The third-order valence-corrected chi connectivity index (χ3v) is 4.59. The van der Waals surface area contributed by atoms with Crippen molar-refractivity contribution in [2.45, 2.75) is 10.8 Å². The maximum atomic E-state index is 12.1. The molecule has 1 atom stereocenters. The van der Waals surface area contributed by atoms with E-state index in [1.807, 2.05) is 0 Å². The van der Waals surface area contributed by atoms with Crippen LogP contribution in [0.3, 0.4) is 0 Å². The molecule has 8 heteroatoms. The number of sulfonamides is 1. The van der Waals surface area contributed by atoms with Gasteiger partial charge in [-0.25, -0.2) is 13.1 Å². The van der Waals surface area contributed by atoms with E-state index in [2.05, 4.69) is 4.72 Å². The number of carboxylic acids is 1. The van der Waals surface area contributed by atoms with Crippen LogP contribution in [0.1, 0.15) is 11.5 Å². The number of carbonyl (C=O) groups excluding carboxylic acids is 1. The second kappa shape index (κ2) is 8.18. The van der Waals surface area contributed by atoms with Crippen LogP contribution >= 0.6 is 0 Å². The van der Waals surface area contributed by atoms with E-state index in [0.717, 1.165) is 0 Å². The molecule has 0 aliphatic heterocycles. The summed E-state index contributed by atoms with van der Waals surface area (Å²) in [5.41, 5.74) is 6.46. The van der Waals surface area contributed by atoms with Crippen LogP contribution in [0, 0.1) is 0 Å². The van der Waals surface area contributed by atoms with E-state index < -0.39 is 21.9 Å². The first-order chi connectivity index (χ1) is 10.4. The Balaban J connectivity index is 0.00000264. The fourth-order valence-electron chi connectivity index (χ4n) is 1.94. The number of benzene rings is 2. The maximum Gasteiger partial charge on any atom is 1.00 e. The minimum atomic E-state index is -3.77. The summed E-state index contributed by atoms with van der Waals surface area (Å²) in [5.74, 6) is -2.46. The van der Waals surface area contributed by atoms with Crippen molar-refractivity contribution in [1.29, 1.82) is 0 Å². The van der Waals surface area contributed by atoms with Crippen molar-refractivity contribution < 1.29 is 37.2 Å². The largest absolute Gasteiger partial charge is 1.00 e. The van der Waals surface area contributed by atoms with E-state index >= 15 is 0 Å². The molecular weight excluding hydrogens is 311 g/mol. The molecule has 0 amide bonds. The van der Waals surface area contributed by atoms with Gasteiger partial charge in [-0.15, -0.1) is 0 Å². The number of rotatable bonds is 6. The van der Waals surface area contributed by atoms with Crippen LogP contribution in [0.15, 0.2) is 59.5 Å². The van der Waals surface area contributed by atoms with Gasteiger partial charge in [0.15, 0.2) is 0 Å². The van der Waals surface area contributed by atoms with E-state index in [9.17, 15) is 18.3 Å². The number of aliphatic carboxylic acids is 1. The van der Waals surface area contributed by atoms with Gasteiger partial charge in [-0.2, -0.15) is 0 Å². The number of nitrogens with two attached hydrogens (primary N) is 1. The zero-order valence-electron chi connectivity index (χ0n) is 12.6. The standard InChI is InChI=1S/C15H16N2O4S.Li/c16-12-8-6-11(7-9-12)14(15(18)19)10-17-22(20,21)13-4-2-1-3-5-13;/h1-9,14,17H,10,16H2,(H,18,19);/q;+1/p-1. The third-order valence-electron chi connectivity index (χ3n) is 3.15. The van der Waals surface area contributed by atoms with Crippen molar-refractivity contribution in [3.05, 3.63) is 60.2 Å². The number of hydrogen-bond donors (Lipinski definition) is 2. The first-order valence-corrected chi connectivity index (χ1v) is 7.99. The van der Waals surface area contributed by atoms with Gasteiger partial charge in [-0.1, -0.05) is 30.3 Å². The van der Waals surface area contributed by atoms with Crippen LogP contribution in [0.25, 0.3) is 0 Å². The Bertz CT molecular complexity index is 749. The molecule has 1 unspecified atom stereocenters. The summed E-state index contributed by atoms with van der Waals surface area (Å²) in [6.45, 7) is -0.302. The Morgan fingerprint density at radius 3 is 2.17 bits per heavy atom. The zero-order chi connectivity index (χ0) is 16.2. The molecule has 0 saturated carbocycles. The molecule has 0 aliphatic rings. The van der Waals surface area contributed by atoms with Gasteiger partial charge in [0.05, 0.1) is 10.9 Å². The van der Waals surface area contributed by atoms with Crippen molar-refractivity contribution in [2.24, 2.45) is 0 Å². The fraction of sp³-hybridized carbons (Fsp3) is 0.133. The third kappa shape index (κ3) is 5.12. The molecule has 0 fully saturated rings. The predicted molar refractivity (Wildman–Crippen MR) is 80.2 cm³/mol. The number of nitrogens with one attached hydrogen (secondary N) is 1. The predicted octanol–water partition coefficient (Wildman–Crippen LogP) is -2.92.